The van der Waals surface area contributed by atoms with E-state index in [0.717, 1.165) is 55.9 Å². The van der Waals surface area contributed by atoms with Gasteiger partial charge in [-0.2, -0.15) is 0 Å². The second-order valence-electron chi connectivity index (χ2n) is 11.9. The summed E-state index contributed by atoms with van der Waals surface area (Å²) < 4.78 is 34.7. The molecule has 0 aromatic heterocycles. The zero-order valence-electron chi connectivity index (χ0n) is 22.6. The van der Waals surface area contributed by atoms with Gasteiger partial charge >= 0.3 is 0 Å². The number of halogens is 1. The fraction of sp³-hybridized carbons (Fsp3) is 0.516. The highest BCUT2D eigenvalue weighted by molar-refractivity contribution is 7.90. The molecule has 2 bridgehead atoms. The standard InChI is InChI=1S/C31H37ClN2O5S/c32-25-11-12-27-22(15-25)6-4-14-31(27)19-34-17-24-9-8-21(24)5-2-1-3-7-26(18-35)40(37,38)33-30(36)23-10-13-29(39-20-31)28(34)16-23/h1-2,10-13,15-16,21,24,26,35H,3-9,14,17-20H2,(H,33,36)/b2-1+/t21-,24+,26-,31+/m1/s1. The number of hydrogen-bond donors (Lipinski definition) is 2. The number of carbonyl (C=O) groups is 1. The molecule has 9 heteroatoms. The number of fused-ring (bicyclic) bond motifs is 4. The number of carbonyl (C=O) groups excluding carboxylic acids is 1. The number of rotatable bonds is 1. The number of nitrogens with one attached hydrogen (secondary N) is 1. The van der Waals surface area contributed by atoms with Crippen LogP contribution in [-0.2, 0) is 21.9 Å². The van der Waals surface area contributed by atoms with Gasteiger partial charge in [-0.25, -0.2) is 13.1 Å². The van der Waals surface area contributed by atoms with Crippen LogP contribution in [0.4, 0.5) is 5.69 Å². The molecule has 6 rings (SSSR count). The lowest BCUT2D eigenvalue weighted by atomic mass is 9.69. The maximum absolute atomic E-state index is 13.2. The summed E-state index contributed by atoms with van der Waals surface area (Å²) in [6.45, 7) is 1.60. The van der Waals surface area contributed by atoms with Crippen LogP contribution in [0.25, 0.3) is 0 Å². The van der Waals surface area contributed by atoms with E-state index in [9.17, 15) is 18.3 Å². The smallest absolute Gasteiger partial charge is 0.264 e. The van der Waals surface area contributed by atoms with E-state index < -0.39 is 27.8 Å². The summed E-state index contributed by atoms with van der Waals surface area (Å²) in [5.74, 6) is 1.11. The molecule has 2 aromatic carbocycles. The molecule has 4 aliphatic rings. The molecule has 214 valence electrons. The predicted octanol–water partition coefficient (Wildman–Crippen LogP) is 5.00. The summed E-state index contributed by atoms with van der Waals surface area (Å²) in [6.07, 6.45) is 11.3. The fourth-order valence-electron chi connectivity index (χ4n) is 7.01. The molecular weight excluding hydrogens is 548 g/mol. The van der Waals surface area contributed by atoms with E-state index in [-0.39, 0.29) is 17.4 Å². The molecule has 1 amide bonds. The molecule has 1 spiro atoms. The third-order valence-electron chi connectivity index (χ3n) is 9.47. The molecule has 0 unspecified atom stereocenters. The maximum Gasteiger partial charge on any atom is 0.264 e. The molecular formula is C31H37ClN2O5S. The number of aliphatic hydroxyl groups excluding tert-OH is 1. The molecule has 1 saturated carbocycles. The van der Waals surface area contributed by atoms with Crippen molar-refractivity contribution in [3.8, 4) is 5.75 Å². The van der Waals surface area contributed by atoms with Crippen LogP contribution in [0.15, 0.2) is 48.6 Å². The zero-order chi connectivity index (χ0) is 27.9. The summed E-state index contributed by atoms with van der Waals surface area (Å²) in [5, 5.41) is 9.49. The number of nitrogens with zero attached hydrogens (tertiary/aromatic N) is 1. The molecule has 7 nitrogen and oxygen atoms in total. The number of anilines is 1. The highest BCUT2D eigenvalue weighted by Gasteiger charge is 2.43. The van der Waals surface area contributed by atoms with E-state index >= 15 is 0 Å². The van der Waals surface area contributed by atoms with Crippen molar-refractivity contribution in [3.63, 3.8) is 0 Å². The Hall–Kier alpha value is -2.55. The average molecular weight is 585 g/mol. The minimum Gasteiger partial charge on any atom is -0.490 e. The number of allylic oxidation sites excluding steroid dienone is 2. The molecule has 2 heterocycles. The lowest BCUT2D eigenvalue weighted by Gasteiger charge is -2.44. The Morgan fingerprint density at radius 2 is 1.95 bits per heavy atom. The SMILES string of the molecule is O=C1NS(=O)(=O)[C@@H](CO)CC/C=C/C[C@@H]2CC[C@H]2CN2C[C@@]3(CCCc4cc(Cl)ccc43)COc3ccc1cc32. The number of aliphatic hydroxyl groups is 1. The molecule has 0 radical (unpaired) electrons. The van der Waals surface area contributed by atoms with Crippen LogP contribution in [0.2, 0.25) is 5.02 Å². The second kappa shape index (κ2) is 11.0. The molecule has 40 heavy (non-hydrogen) atoms. The van der Waals surface area contributed by atoms with Crippen LogP contribution < -0.4 is 14.4 Å². The highest BCUT2D eigenvalue weighted by atomic mass is 35.5. The largest absolute Gasteiger partial charge is 0.490 e. The van der Waals surface area contributed by atoms with Crippen molar-refractivity contribution in [1.82, 2.24) is 4.72 Å². The van der Waals surface area contributed by atoms with Gasteiger partial charge in [0.25, 0.3) is 5.91 Å². The summed E-state index contributed by atoms with van der Waals surface area (Å²) in [4.78, 5) is 15.6. The molecule has 2 N–H and O–H groups in total. The van der Waals surface area contributed by atoms with Crippen LogP contribution in [0, 0.1) is 11.8 Å². The monoisotopic (exact) mass is 584 g/mol. The Morgan fingerprint density at radius 3 is 2.75 bits per heavy atom. The maximum atomic E-state index is 13.2. The highest BCUT2D eigenvalue weighted by Crippen LogP contribution is 2.46. The van der Waals surface area contributed by atoms with Crippen LogP contribution in [0.3, 0.4) is 0 Å². The van der Waals surface area contributed by atoms with Crippen LogP contribution >= 0.6 is 11.6 Å². The summed E-state index contributed by atoms with van der Waals surface area (Å²) in [7, 11) is -4.05. The van der Waals surface area contributed by atoms with E-state index in [1.807, 2.05) is 12.1 Å². The van der Waals surface area contributed by atoms with E-state index in [1.165, 1.54) is 17.5 Å². The molecule has 2 aromatic rings. The Kier molecular flexibility index (Phi) is 7.61. The molecule has 2 aliphatic heterocycles. The quantitative estimate of drug-likeness (QED) is 0.458. The number of aryl methyl sites for hydroxylation is 1. The molecule has 2 aliphatic carbocycles. The number of amides is 1. The van der Waals surface area contributed by atoms with Crippen molar-refractivity contribution in [3.05, 3.63) is 70.3 Å². The van der Waals surface area contributed by atoms with Gasteiger partial charge in [0.15, 0.2) is 0 Å². The minimum absolute atomic E-state index is 0.211. The Bertz CT molecular complexity index is 1430. The van der Waals surface area contributed by atoms with Gasteiger partial charge in [-0.3, -0.25) is 4.79 Å². The molecule has 0 saturated heterocycles. The zero-order valence-corrected chi connectivity index (χ0v) is 24.2. The normalized spacial score (nSPS) is 30.6. The first kappa shape index (κ1) is 27.6. The van der Waals surface area contributed by atoms with Crippen LogP contribution in [-0.4, -0.2) is 51.0 Å². The van der Waals surface area contributed by atoms with Gasteiger partial charge < -0.3 is 14.7 Å². The van der Waals surface area contributed by atoms with Gasteiger partial charge in [0, 0.05) is 29.1 Å². The molecule has 1 fully saturated rings. The van der Waals surface area contributed by atoms with Gasteiger partial charge in [0.2, 0.25) is 10.0 Å². The average Bonchev–Trinajstić information content (AvgIpc) is 3.06. The third kappa shape index (κ3) is 5.26. The van der Waals surface area contributed by atoms with Crippen molar-refractivity contribution in [2.24, 2.45) is 11.8 Å². The van der Waals surface area contributed by atoms with Crippen LogP contribution in [0.5, 0.6) is 5.75 Å². The Balaban J connectivity index is 1.40. The first-order valence-electron chi connectivity index (χ1n) is 14.4. The molecule has 4 atom stereocenters. The van der Waals surface area contributed by atoms with Crippen molar-refractivity contribution < 1.29 is 23.1 Å². The van der Waals surface area contributed by atoms with Gasteiger partial charge in [-0.15, -0.1) is 0 Å². The number of hydrogen-bond acceptors (Lipinski definition) is 6. The Morgan fingerprint density at radius 1 is 1.10 bits per heavy atom. The van der Waals surface area contributed by atoms with E-state index in [0.29, 0.717) is 30.6 Å². The Labute approximate surface area is 241 Å². The van der Waals surface area contributed by atoms with Gasteiger partial charge in [0.05, 0.1) is 18.9 Å². The third-order valence-corrected chi connectivity index (χ3v) is 11.4. The first-order chi connectivity index (χ1) is 19.3. The van der Waals surface area contributed by atoms with Crippen molar-refractivity contribution in [2.75, 3.05) is 31.2 Å². The lowest BCUT2D eigenvalue weighted by molar-refractivity contribution is 0.0980. The lowest BCUT2D eigenvalue weighted by Crippen LogP contribution is -2.48. The predicted molar refractivity (Wildman–Crippen MR) is 157 cm³/mol. The van der Waals surface area contributed by atoms with E-state index in [2.05, 4.69) is 27.8 Å². The fourth-order valence-corrected chi connectivity index (χ4v) is 8.39. The number of sulfonamides is 1. The van der Waals surface area contributed by atoms with Crippen LogP contribution in [0.1, 0.15) is 66.4 Å². The summed E-state index contributed by atoms with van der Waals surface area (Å²) >= 11 is 6.37. The minimum atomic E-state index is -4.05. The topological polar surface area (TPSA) is 95.9 Å². The van der Waals surface area contributed by atoms with Crippen molar-refractivity contribution in [2.45, 2.75) is 62.0 Å². The van der Waals surface area contributed by atoms with Gasteiger partial charge in [-0.05, 0) is 105 Å². The van der Waals surface area contributed by atoms with Crippen molar-refractivity contribution >= 4 is 33.2 Å². The second-order valence-corrected chi connectivity index (χ2v) is 14.3. The van der Waals surface area contributed by atoms with Crippen molar-refractivity contribution in [1.29, 1.82) is 0 Å². The first-order valence-corrected chi connectivity index (χ1v) is 16.3. The summed E-state index contributed by atoms with van der Waals surface area (Å²) in [6, 6.07) is 11.4. The summed E-state index contributed by atoms with van der Waals surface area (Å²) in [5.41, 5.74) is 3.44. The number of ether oxygens (including phenoxy) is 1. The van der Waals surface area contributed by atoms with E-state index in [4.69, 9.17) is 16.3 Å². The number of benzene rings is 2. The van der Waals surface area contributed by atoms with E-state index in [1.54, 1.807) is 18.2 Å². The van der Waals surface area contributed by atoms with Gasteiger partial charge in [0.1, 0.15) is 11.0 Å². The van der Waals surface area contributed by atoms with Gasteiger partial charge in [-0.1, -0.05) is 29.8 Å².